The Balaban J connectivity index is 1.53. The summed E-state index contributed by atoms with van der Waals surface area (Å²) in [6, 6.07) is 11.5. The highest BCUT2D eigenvalue weighted by molar-refractivity contribution is 6.20. The molecule has 2 N–H and O–H groups in total. The Labute approximate surface area is 143 Å². The third-order valence-electron chi connectivity index (χ3n) is 3.81. The Morgan fingerprint density at radius 1 is 1.20 bits per heavy atom. The number of nitrogens with zero attached hydrogens (tertiary/aromatic N) is 2. The summed E-state index contributed by atoms with van der Waals surface area (Å²) in [6.45, 7) is 0.384. The van der Waals surface area contributed by atoms with Gasteiger partial charge >= 0.3 is 0 Å². The number of aromatic nitrogens is 1. The molecule has 0 aliphatic carbocycles. The van der Waals surface area contributed by atoms with Crippen molar-refractivity contribution in [3.63, 3.8) is 0 Å². The number of anilines is 1. The summed E-state index contributed by atoms with van der Waals surface area (Å²) in [5.41, 5.74) is 2.47. The molecule has 0 radical (unpaired) electrons. The fourth-order valence-electron chi connectivity index (χ4n) is 2.60. The van der Waals surface area contributed by atoms with E-state index >= 15 is 0 Å². The van der Waals surface area contributed by atoms with Crippen molar-refractivity contribution in [2.45, 2.75) is 6.54 Å². The molecule has 6 heteroatoms. The van der Waals surface area contributed by atoms with Gasteiger partial charge in [0.2, 0.25) is 0 Å². The standard InChI is InChI=1S/C19H14FN3O2/c20-14-4-1-3-12(7-14)10-22-18-9-16(24)17(25-18)8-13-11-23-19-15(13)5-2-6-21-19/h1-9,11,22,24H,10H2. The van der Waals surface area contributed by atoms with Crippen LogP contribution in [0.15, 0.2) is 58.1 Å². The number of hydrogen-bond donors (Lipinski definition) is 2. The Hall–Kier alpha value is -3.41. The van der Waals surface area contributed by atoms with E-state index in [-0.39, 0.29) is 11.6 Å². The van der Waals surface area contributed by atoms with E-state index in [1.54, 1.807) is 30.6 Å². The molecule has 0 fully saturated rings. The van der Waals surface area contributed by atoms with Crippen molar-refractivity contribution in [1.29, 1.82) is 0 Å². The monoisotopic (exact) mass is 335 g/mol. The summed E-state index contributed by atoms with van der Waals surface area (Å²) >= 11 is 0. The number of aromatic hydroxyl groups is 1. The van der Waals surface area contributed by atoms with Gasteiger partial charge in [-0.25, -0.2) is 14.4 Å². The molecule has 4 rings (SSSR count). The molecule has 1 aliphatic rings. The van der Waals surface area contributed by atoms with Gasteiger partial charge in [0.25, 0.3) is 0 Å². The second-order valence-electron chi connectivity index (χ2n) is 5.58. The molecule has 0 atom stereocenters. The minimum atomic E-state index is -0.292. The number of fused-ring (bicyclic) bond motifs is 1. The molecule has 0 unspecified atom stereocenters. The third-order valence-corrected chi connectivity index (χ3v) is 3.81. The zero-order valence-electron chi connectivity index (χ0n) is 13.1. The Morgan fingerprint density at radius 3 is 3.00 bits per heavy atom. The van der Waals surface area contributed by atoms with Gasteiger partial charge in [-0.2, -0.15) is 0 Å². The van der Waals surface area contributed by atoms with Crippen LogP contribution in [0.2, 0.25) is 0 Å². The van der Waals surface area contributed by atoms with Crippen molar-refractivity contribution < 1.29 is 13.9 Å². The largest absolute Gasteiger partial charge is 0.504 e. The van der Waals surface area contributed by atoms with Crippen molar-refractivity contribution >= 4 is 29.6 Å². The normalized spacial score (nSPS) is 14.0. The molecule has 1 aromatic carbocycles. The van der Waals surface area contributed by atoms with Crippen molar-refractivity contribution in [3.05, 3.63) is 71.4 Å². The van der Waals surface area contributed by atoms with Gasteiger partial charge in [-0.05, 0) is 35.9 Å². The molecule has 0 amide bonds. The van der Waals surface area contributed by atoms with Crippen LogP contribution in [-0.4, -0.2) is 16.3 Å². The fraction of sp³-hybridized carbons (Fsp3) is 0.0526. The molecule has 0 saturated carbocycles. The summed E-state index contributed by atoms with van der Waals surface area (Å²) in [5.74, 6) is 1.08. The fourth-order valence-corrected chi connectivity index (χ4v) is 2.60. The number of allylic oxidation sites excluding steroid dienone is 1. The van der Waals surface area contributed by atoms with Gasteiger partial charge in [0, 0.05) is 36.2 Å². The molecule has 0 bridgehead atoms. The molecule has 3 aromatic rings. The lowest BCUT2D eigenvalue weighted by Crippen LogP contribution is -1.98. The van der Waals surface area contributed by atoms with Crippen molar-refractivity contribution in [2.24, 2.45) is 4.99 Å². The maximum absolute atomic E-state index is 13.2. The van der Waals surface area contributed by atoms with Gasteiger partial charge < -0.3 is 14.8 Å². The molecule has 1 aliphatic heterocycles. The number of hydrogen-bond acceptors (Lipinski definition) is 5. The van der Waals surface area contributed by atoms with Crippen LogP contribution in [0.4, 0.5) is 16.1 Å². The van der Waals surface area contributed by atoms with Crippen LogP contribution in [0.1, 0.15) is 16.9 Å². The number of pyridine rings is 1. The summed E-state index contributed by atoms with van der Waals surface area (Å²) < 4.78 is 18.8. The molecule has 124 valence electrons. The van der Waals surface area contributed by atoms with Crippen LogP contribution in [-0.2, 0) is 6.54 Å². The van der Waals surface area contributed by atoms with Crippen LogP contribution in [0.5, 0.6) is 5.75 Å². The van der Waals surface area contributed by atoms with Crippen LogP contribution >= 0.6 is 0 Å². The lowest BCUT2D eigenvalue weighted by Gasteiger charge is -2.02. The first-order valence-corrected chi connectivity index (χ1v) is 7.71. The molecule has 0 spiro atoms. The van der Waals surface area contributed by atoms with E-state index in [4.69, 9.17) is 4.42 Å². The van der Waals surface area contributed by atoms with Crippen molar-refractivity contribution in [3.8, 4) is 5.75 Å². The van der Waals surface area contributed by atoms with E-state index in [0.29, 0.717) is 24.0 Å². The number of rotatable bonds is 4. The van der Waals surface area contributed by atoms with Crippen molar-refractivity contribution in [2.75, 3.05) is 5.32 Å². The lowest BCUT2D eigenvalue weighted by molar-refractivity contribution is 0.455. The van der Waals surface area contributed by atoms with Gasteiger partial charge in [-0.15, -0.1) is 0 Å². The molecule has 2 aromatic heterocycles. The first-order valence-electron chi connectivity index (χ1n) is 7.71. The topological polar surface area (TPSA) is 70.7 Å². The third kappa shape index (κ3) is 3.14. The summed E-state index contributed by atoms with van der Waals surface area (Å²) in [4.78, 5) is 8.39. The van der Waals surface area contributed by atoms with E-state index in [2.05, 4.69) is 15.3 Å². The van der Waals surface area contributed by atoms with Crippen LogP contribution < -0.4 is 5.32 Å². The number of benzene rings is 1. The molecular weight excluding hydrogens is 321 g/mol. The first-order chi connectivity index (χ1) is 12.2. The van der Waals surface area contributed by atoms with E-state index < -0.39 is 0 Å². The predicted octanol–water partition coefficient (Wildman–Crippen LogP) is 4.39. The molecule has 3 heterocycles. The maximum Gasteiger partial charge on any atom is 0.197 e. The minimum absolute atomic E-state index is 0.0139. The number of nitrogens with one attached hydrogen (secondary N) is 1. The Bertz CT molecular complexity index is 992. The van der Waals surface area contributed by atoms with E-state index in [1.807, 2.05) is 12.1 Å². The van der Waals surface area contributed by atoms with Gasteiger partial charge in [-0.3, -0.25) is 0 Å². The predicted molar refractivity (Wildman–Crippen MR) is 94.4 cm³/mol. The van der Waals surface area contributed by atoms with Crippen molar-refractivity contribution in [1.82, 2.24) is 4.98 Å². The summed E-state index contributed by atoms with van der Waals surface area (Å²) in [6.07, 6.45) is 5.07. The number of halogens is 1. The average Bonchev–Trinajstić information content (AvgIpc) is 3.18. The van der Waals surface area contributed by atoms with Crippen LogP contribution in [0, 0.1) is 5.82 Å². The number of furan rings is 1. The molecule has 0 saturated heterocycles. The highest BCUT2D eigenvalue weighted by Gasteiger charge is 2.15. The van der Waals surface area contributed by atoms with E-state index in [0.717, 1.165) is 16.7 Å². The smallest absolute Gasteiger partial charge is 0.197 e. The Morgan fingerprint density at radius 2 is 2.12 bits per heavy atom. The van der Waals surface area contributed by atoms with Gasteiger partial charge in [0.05, 0.1) is 0 Å². The Kier molecular flexibility index (Phi) is 3.78. The van der Waals surface area contributed by atoms with E-state index in [9.17, 15) is 9.50 Å². The average molecular weight is 335 g/mol. The lowest BCUT2D eigenvalue weighted by atomic mass is 10.1. The molecule has 5 nitrogen and oxygen atoms in total. The molecule has 25 heavy (non-hydrogen) atoms. The molecular formula is C19H14FN3O2. The first kappa shape index (κ1) is 15.1. The number of aliphatic imine (C=N–C) groups is 1. The zero-order chi connectivity index (χ0) is 17.2. The quantitative estimate of drug-likeness (QED) is 0.742. The van der Waals surface area contributed by atoms with Gasteiger partial charge in [0.15, 0.2) is 23.2 Å². The summed E-state index contributed by atoms with van der Waals surface area (Å²) in [5, 5.41) is 13.1. The highest BCUT2D eigenvalue weighted by Crippen LogP contribution is 2.34. The maximum atomic E-state index is 13.2. The van der Waals surface area contributed by atoms with Crippen LogP contribution in [0.25, 0.3) is 11.6 Å². The SMILES string of the molecule is Oc1cc(NCc2cccc(F)c2)oc1C=C1C=Nc2ncccc21. The zero-order valence-corrected chi connectivity index (χ0v) is 13.1. The van der Waals surface area contributed by atoms with E-state index in [1.165, 1.54) is 18.2 Å². The second kappa shape index (κ2) is 6.24. The summed E-state index contributed by atoms with van der Waals surface area (Å²) in [7, 11) is 0. The van der Waals surface area contributed by atoms with Gasteiger partial charge in [0.1, 0.15) is 5.82 Å². The van der Waals surface area contributed by atoms with Crippen LogP contribution in [0.3, 0.4) is 0 Å². The second-order valence-corrected chi connectivity index (χ2v) is 5.58. The highest BCUT2D eigenvalue weighted by atomic mass is 19.1. The van der Waals surface area contributed by atoms with Gasteiger partial charge in [-0.1, -0.05) is 12.1 Å². The minimum Gasteiger partial charge on any atom is -0.504 e.